The molecule has 80 valence electrons. The summed E-state index contributed by atoms with van der Waals surface area (Å²) in [5.74, 6) is -0.221. The van der Waals surface area contributed by atoms with Gasteiger partial charge in [-0.05, 0) is 24.6 Å². The number of carbonyl (C=O) groups is 1. The summed E-state index contributed by atoms with van der Waals surface area (Å²) in [6.07, 6.45) is 0. The van der Waals surface area contributed by atoms with Gasteiger partial charge in [0.15, 0.2) is 5.78 Å². The van der Waals surface area contributed by atoms with E-state index in [-0.39, 0.29) is 16.9 Å². The molecule has 0 amide bonds. The smallest absolute Gasteiger partial charge is 0.259 e. The van der Waals surface area contributed by atoms with E-state index in [9.17, 15) is 9.59 Å². The van der Waals surface area contributed by atoms with Crippen molar-refractivity contribution < 1.29 is 4.79 Å². The number of hydrogen-bond donors (Lipinski definition) is 1. The number of nitrogens with one attached hydrogen (secondary N) is 1. The summed E-state index contributed by atoms with van der Waals surface area (Å²) >= 11 is 0. The molecule has 0 radical (unpaired) electrons. The lowest BCUT2D eigenvalue weighted by molar-refractivity contribution is 0.101. The van der Waals surface area contributed by atoms with E-state index in [4.69, 9.17) is 0 Å². The molecule has 16 heavy (non-hydrogen) atoms. The third-order valence-corrected chi connectivity index (χ3v) is 2.37. The molecular formula is C13H11NO2. The highest BCUT2D eigenvalue weighted by Crippen LogP contribution is 2.14. The van der Waals surface area contributed by atoms with Gasteiger partial charge in [0.1, 0.15) is 0 Å². The molecule has 0 atom stereocenters. The van der Waals surface area contributed by atoms with Crippen LogP contribution in [0.2, 0.25) is 0 Å². The molecule has 2 aromatic rings. The number of aromatic amines is 1. The summed E-state index contributed by atoms with van der Waals surface area (Å²) in [5.41, 5.74) is 1.50. The fourth-order valence-electron chi connectivity index (χ4n) is 1.54. The van der Waals surface area contributed by atoms with Gasteiger partial charge in [-0.1, -0.05) is 30.3 Å². The molecular weight excluding hydrogens is 202 g/mol. The molecule has 1 N–H and O–H groups in total. The fourth-order valence-corrected chi connectivity index (χ4v) is 1.54. The zero-order chi connectivity index (χ0) is 11.5. The second-order valence-corrected chi connectivity index (χ2v) is 3.54. The molecule has 0 fully saturated rings. The minimum Gasteiger partial charge on any atom is -0.321 e. The summed E-state index contributed by atoms with van der Waals surface area (Å²) < 4.78 is 0. The summed E-state index contributed by atoms with van der Waals surface area (Å²) in [6, 6.07) is 12.8. The Balaban J connectivity index is 2.51. The molecule has 3 heteroatoms. The van der Waals surface area contributed by atoms with Crippen molar-refractivity contribution in [3.8, 4) is 11.3 Å². The average molecular weight is 213 g/mol. The Morgan fingerprint density at radius 2 is 1.75 bits per heavy atom. The van der Waals surface area contributed by atoms with Crippen LogP contribution >= 0.6 is 0 Å². The van der Waals surface area contributed by atoms with Gasteiger partial charge in [0.2, 0.25) is 0 Å². The van der Waals surface area contributed by atoms with E-state index in [1.165, 1.54) is 6.92 Å². The SMILES string of the molecule is CC(=O)c1ccc(-c2ccccc2)[nH]c1=O. The van der Waals surface area contributed by atoms with Gasteiger partial charge < -0.3 is 4.98 Å². The van der Waals surface area contributed by atoms with Gasteiger partial charge in [0, 0.05) is 5.69 Å². The van der Waals surface area contributed by atoms with Crippen molar-refractivity contribution in [1.29, 1.82) is 0 Å². The number of pyridine rings is 1. The summed E-state index contributed by atoms with van der Waals surface area (Å²) in [6.45, 7) is 1.38. The van der Waals surface area contributed by atoms with Gasteiger partial charge in [-0.3, -0.25) is 9.59 Å². The molecule has 0 aliphatic rings. The zero-order valence-electron chi connectivity index (χ0n) is 8.86. The first-order chi connectivity index (χ1) is 7.68. The maximum absolute atomic E-state index is 11.6. The molecule has 0 saturated carbocycles. The van der Waals surface area contributed by atoms with Gasteiger partial charge in [-0.2, -0.15) is 0 Å². The normalized spacial score (nSPS) is 10.1. The van der Waals surface area contributed by atoms with Crippen LogP contribution in [0.3, 0.4) is 0 Å². The maximum atomic E-state index is 11.6. The molecule has 1 aromatic carbocycles. The van der Waals surface area contributed by atoms with E-state index < -0.39 is 0 Å². The molecule has 0 aliphatic carbocycles. The van der Waals surface area contributed by atoms with Crippen molar-refractivity contribution in [3.05, 3.63) is 58.4 Å². The van der Waals surface area contributed by atoms with Crippen LogP contribution in [-0.2, 0) is 0 Å². The second-order valence-electron chi connectivity index (χ2n) is 3.54. The topological polar surface area (TPSA) is 49.9 Å². The number of ketones is 1. The standard InChI is InChI=1S/C13H11NO2/c1-9(15)11-7-8-12(14-13(11)16)10-5-3-2-4-6-10/h2-8H,1H3,(H,14,16). The van der Waals surface area contributed by atoms with Crippen molar-refractivity contribution in [2.75, 3.05) is 0 Å². The molecule has 1 aromatic heterocycles. The number of H-pyrrole nitrogens is 1. The van der Waals surface area contributed by atoms with Gasteiger partial charge in [0.25, 0.3) is 5.56 Å². The third-order valence-electron chi connectivity index (χ3n) is 2.37. The van der Waals surface area contributed by atoms with Gasteiger partial charge >= 0.3 is 0 Å². The number of hydrogen-bond acceptors (Lipinski definition) is 2. The molecule has 2 rings (SSSR count). The predicted octanol–water partition coefficient (Wildman–Crippen LogP) is 2.24. The van der Waals surface area contributed by atoms with Crippen LogP contribution in [-0.4, -0.2) is 10.8 Å². The van der Waals surface area contributed by atoms with E-state index >= 15 is 0 Å². The highest BCUT2D eigenvalue weighted by atomic mass is 16.1. The highest BCUT2D eigenvalue weighted by Gasteiger charge is 2.06. The Labute approximate surface area is 92.8 Å². The number of carbonyl (C=O) groups excluding carboxylic acids is 1. The number of rotatable bonds is 2. The third kappa shape index (κ3) is 1.93. The van der Waals surface area contributed by atoms with Crippen LogP contribution in [0, 0.1) is 0 Å². The maximum Gasteiger partial charge on any atom is 0.259 e. The molecule has 0 saturated heterocycles. The summed E-state index contributed by atoms with van der Waals surface area (Å²) in [5, 5.41) is 0. The monoisotopic (exact) mass is 213 g/mol. The lowest BCUT2D eigenvalue weighted by Crippen LogP contribution is -2.15. The molecule has 0 bridgehead atoms. The summed E-state index contributed by atoms with van der Waals surface area (Å²) in [7, 11) is 0. The number of Topliss-reactive ketones (excluding diaryl/α,β-unsaturated/α-hetero) is 1. The lowest BCUT2D eigenvalue weighted by Gasteiger charge is -2.01. The molecule has 0 spiro atoms. The Bertz CT molecular complexity index is 570. The van der Waals surface area contributed by atoms with E-state index in [2.05, 4.69) is 4.98 Å². The van der Waals surface area contributed by atoms with Crippen molar-refractivity contribution in [2.45, 2.75) is 6.92 Å². The van der Waals surface area contributed by atoms with E-state index in [0.717, 1.165) is 11.3 Å². The van der Waals surface area contributed by atoms with Crippen molar-refractivity contribution in [1.82, 2.24) is 4.98 Å². The average Bonchev–Trinajstić information content (AvgIpc) is 2.29. The second kappa shape index (κ2) is 4.14. The van der Waals surface area contributed by atoms with E-state index in [1.54, 1.807) is 12.1 Å². The molecule has 1 heterocycles. The zero-order valence-corrected chi connectivity index (χ0v) is 8.86. The number of benzene rings is 1. The van der Waals surface area contributed by atoms with Crippen LogP contribution in [0.15, 0.2) is 47.3 Å². The predicted molar refractivity (Wildman–Crippen MR) is 62.5 cm³/mol. The summed E-state index contributed by atoms with van der Waals surface area (Å²) in [4.78, 5) is 25.4. The largest absolute Gasteiger partial charge is 0.321 e. The first-order valence-corrected chi connectivity index (χ1v) is 4.98. The Hall–Kier alpha value is -2.16. The van der Waals surface area contributed by atoms with Crippen LogP contribution < -0.4 is 5.56 Å². The first kappa shape index (κ1) is 10.4. The van der Waals surface area contributed by atoms with Gasteiger partial charge in [0.05, 0.1) is 5.56 Å². The van der Waals surface area contributed by atoms with E-state index in [1.807, 2.05) is 30.3 Å². The molecule has 0 aliphatic heterocycles. The van der Waals surface area contributed by atoms with Crippen LogP contribution in [0.1, 0.15) is 17.3 Å². The van der Waals surface area contributed by atoms with Crippen LogP contribution in [0.25, 0.3) is 11.3 Å². The fraction of sp³-hybridized carbons (Fsp3) is 0.0769. The first-order valence-electron chi connectivity index (χ1n) is 4.98. The van der Waals surface area contributed by atoms with Crippen LogP contribution in [0.4, 0.5) is 0 Å². The van der Waals surface area contributed by atoms with Crippen molar-refractivity contribution in [3.63, 3.8) is 0 Å². The highest BCUT2D eigenvalue weighted by molar-refractivity contribution is 5.93. The molecule has 0 unspecified atom stereocenters. The van der Waals surface area contributed by atoms with Crippen molar-refractivity contribution in [2.24, 2.45) is 0 Å². The van der Waals surface area contributed by atoms with Crippen molar-refractivity contribution >= 4 is 5.78 Å². The Morgan fingerprint density at radius 3 is 2.31 bits per heavy atom. The van der Waals surface area contributed by atoms with Crippen LogP contribution in [0.5, 0.6) is 0 Å². The Kier molecular flexibility index (Phi) is 2.68. The number of aromatic nitrogens is 1. The minimum absolute atomic E-state index is 0.194. The lowest BCUT2D eigenvalue weighted by atomic mass is 10.1. The molecule has 3 nitrogen and oxygen atoms in total. The quantitative estimate of drug-likeness (QED) is 0.778. The minimum atomic E-state index is -0.339. The van der Waals surface area contributed by atoms with Gasteiger partial charge in [-0.15, -0.1) is 0 Å². The van der Waals surface area contributed by atoms with E-state index in [0.29, 0.717) is 0 Å². The van der Waals surface area contributed by atoms with Gasteiger partial charge in [-0.25, -0.2) is 0 Å². The Morgan fingerprint density at radius 1 is 1.06 bits per heavy atom.